The van der Waals surface area contributed by atoms with E-state index in [9.17, 15) is 5.11 Å². The van der Waals surface area contributed by atoms with Crippen molar-refractivity contribution < 1.29 is 5.11 Å². The highest BCUT2D eigenvalue weighted by atomic mass is 79.9. The lowest BCUT2D eigenvalue weighted by Crippen LogP contribution is -2.00. The molecule has 0 aliphatic carbocycles. The third-order valence-corrected chi connectivity index (χ3v) is 5.72. The zero-order chi connectivity index (χ0) is 13.3. The lowest BCUT2D eigenvalue weighted by molar-refractivity contribution is 0.182. The third kappa shape index (κ3) is 3.36. The second-order valence-corrected chi connectivity index (χ2v) is 7.79. The summed E-state index contributed by atoms with van der Waals surface area (Å²) in [6.07, 6.45) is 0.0112. The Morgan fingerprint density at radius 1 is 1.33 bits per heavy atom. The van der Waals surface area contributed by atoms with Crippen molar-refractivity contribution in [2.75, 3.05) is 0 Å². The SMILES string of the molecule is Cc1cc(C(O)Cc2ccc(Br)cc2Cl)sc1Br. The number of aliphatic hydroxyl groups excluding tert-OH is 1. The molecule has 1 unspecified atom stereocenters. The minimum Gasteiger partial charge on any atom is -0.387 e. The van der Waals surface area contributed by atoms with E-state index in [2.05, 4.69) is 31.9 Å². The molecule has 1 aromatic heterocycles. The Labute approximate surface area is 132 Å². The number of aryl methyl sites for hydroxylation is 1. The van der Waals surface area contributed by atoms with Crippen LogP contribution in [0.4, 0.5) is 0 Å². The fourth-order valence-electron chi connectivity index (χ4n) is 1.64. The van der Waals surface area contributed by atoms with E-state index in [0.29, 0.717) is 11.4 Å². The maximum atomic E-state index is 10.2. The summed E-state index contributed by atoms with van der Waals surface area (Å²) in [6.45, 7) is 2.02. The third-order valence-electron chi connectivity index (χ3n) is 2.63. The molecule has 0 fully saturated rings. The van der Waals surface area contributed by atoms with Crippen molar-refractivity contribution in [3.8, 4) is 0 Å². The van der Waals surface area contributed by atoms with Crippen LogP contribution in [0.3, 0.4) is 0 Å². The van der Waals surface area contributed by atoms with Crippen molar-refractivity contribution >= 4 is 54.8 Å². The van der Waals surface area contributed by atoms with E-state index in [1.165, 1.54) is 0 Å². The minimum atomic E-state index is -0.515. The average Bonchev–Trinajstić information content (AvgIpc) is 2.63. The molecule has 5 heteroatoms. The van der Waals surface area contributed by atoms with Crippen molar-refractivity contribution in [2.45, 2.75) is 19.4 Å². The molecule has 1 N–H and O–H groups in total. The molecule has 1 atom stereocenters. The van der Waals surface area contributed by atoms with Gasteiger partial charge in [0.1, 0.15) is 0 Å². The minimum absolute atomic E-state index is 0.515. The van der Waals surface area contributed by atoms with Gasteiger partial charge in [-0.3, -0.25) is 0 Å². The van der Waals surface area contributed by atoms with Gasteiger partial charge in [-0.25, -0.2) is 0 Å². The van der Waals surface area contributed by atoms with E-state index >= 15 is 0 Å². The Morgan fingerprint density at radius 2 is 2.06 bits per heavy atom. The number of benzene rings is 1. The van der Waals surface area contributed by atoms with Crippen molar-refractivity contribution in [3.63, 3.8) is 0 Å². The van der Waals surface area contributed by atoms with E-state index in [1.54, 1.807) is 11.3 Å². The Kier molecular flexibility index (Phi) is 4.89. The molecule has 1 aromatic carbocycles. The van der Waals surface area contributed by atoms with Gasteiger partial charge in [0.2, 0.25) is 0 Å². The fourth-order valence-corrected chi connectivity index (χ4v) is 3.95. The molecule has 18 heavy (non-hydrogen) atoms. The van der Waals surface area contributed by atoms with Gasteiger partial charge in [0, 0.05) is 20.8 Å². The van der Waals surface area contributed by atoms with Gasteiger partial charge in [0.25, 0.3) is 0 Å². The van der Waals surface area contributed by atoms with E-state index < -0.39 is 6.10 Å². The van der Waals surface area contributed by atoms with Crippen LogP contribution in [-0.2, 0) is 6.42 Å². The summed E-state index contributed by atoms with van der Waals surface area (Å²) in [6, 6.07) is 7.72. The molecule has 0 bridgehead atoms. The molecule has 0 radical (unpaired) electrons. The van der Waals surface area contributed by atoms with Crippen LogP contribution < -0.4 is 0 Å². The molecule has 0 spiro atoms. The predicted octanol–water partition coefficient (Wildman–Crippen LogP) is 5.51. The molecule has 0 saturated carbocycles. The molecule has 96 valence electrons. The molecule has 2 aromatic rings. The average molecular weight is 411 g/mol. The van der Waals surface area contributed by atoms with E-state index in [-0.39, 0.29) is 0 Å². The summed E-state index contributed by atoms with van der Waals surface area (Å²) in [4.78, 5) is 0.957. The highest BCUT2D eigenvalue weighted by molar-refractivity contribution is 9.11. The second kappa shape index (κ2) is 6.06. The van der Waals surface area contributed by atoms with Crippen LogP contribution in [0.1, 0.15) is 22.1 Å². The molecule has 0 aliphatic rings. The van der Waals surface area contributed by atoms with Gasteiger partial charge >= 0.3 is 0 Å². The number of halogens is 3. The highest BCUT2D eigenvalue weighted by Gasteiger charge is 2.14. The van der Waals surface area contributed by atoms with E-state index in [0.717, 1.165) is 24.3 Å². The van der Waals surface area contributed by atoms with Gasteiger partial charge in [0.15, 0.2) is 0 Å². The monoisotopic (exact) mass is 408 g/mol. The Hall–Kier alpha value is 0.130. The van der Waals surface area contributed by atoms with Gasteiger partial charge < -0.3 is 5.11 Å². The van der Waals surface area contributed by atoms with Crippen molar-refractivity contribution in [1.29, 1.82) is 0 Å². The number of rotatable bonds is 3. The topological polar surface area (TPSA) is 20.2 Å². The number of aliphatic hydroxyl groups is 1. The molecule has 0 saturated heterocycles. The molecule has 1 nitrogen and oxygen atoms in total. The summed E-state index contributed by atoms with van der Waals surface area (Å²) in [5, 5.41) is 10.9. The van der Waals surface area contributed by atoms with Gasteiger partial charge in [0.05, 0.1) is 9.89 Å². The normalized spacial score (nSPS) is 12.7. The second-order valence-electron chi connectivity index (χ2n) is 4.06. The van der Waals surface area contributed by atoms with Crippen molar-refractivity contribution in [3.05, 3.63) is 53.6 Å². The van der Waals surface area contributed by atoms with Crippen LogP contribution in [0.2, 0.25) is 5.02 Å². The summed E-state index contributed by atoms with van der Waals surface area (Å²) in [5.41, 5.74) is 2.10. The number of hydrogen-bond donors (Lipinski definition) is 1. The lowest BCUT2D eigenvalue weighted by Gasteiger charge is -2.10. The summed E-state index contributed by atoms with van der Waals surface area (Å²) < 4.78 is 2.01. The maximum absolute atomic E-state index is 10.2. The zero-order valence-corrected chi connectivity index (χ0v) is 14.3. The van der Waals surface area contributed by atoms with Crippen LogP contribution in [-0.4, -0.2) is 5.11 Å². The molecule has 1 heterocycles. The van der Waals surface area contributed by atoms with Crippen LogP contribution in [0.15, 0.2) is 32.5 Å². The summed E-state index contributed by atoms with van der Waals surface area (Å²) >= 11 is 14.6. The molecular weight excluding hydrogens is 399 g/mol. The number of thiophene rings is 1. The van der Waals surface area contributed by atoms with Crippen molar-refractivity contribution in [2.24, 2.45) is 0 Å². The molecule has 0 aliphatic heterocycles. The largest absolute Gasteiger partial charge is 0.387 e. The first-order valence-electron chi connectivity index (χ1n) is 5.35. The Morgan fingerprint density at radius 3 is 2.61 bits per heavy atom. The van der Waals surface area contributed by atoms with E-state index in [4.69, 9.17) is 11.6 Å². The van der Waals surface area contributed by atoms with Gasteiger partial charge in [-0.15, -0.1) is 11.3 Å². The molecular formula is C13H11Br2ClOS. The van der Waals surface area contributed by atoms with Crippen LogP contribution >= 0.6 is 54.8 Å². The first-order valence-corrected chi connectivity index (χ1v) is 8.13. The van der Waals surface area contributed by atoms with Gasteiger partial charge in [-0.2, -0.15) is 0 Å². The lowest BCUT2D eigenvalue weighted by atomic mass is 10.1. The zero-order valence-electron chi connectivity index (χ0n) is 9.58. The molecule has 2 rings (SSSR count). The smallest absolute Gasteiger partial charge is 0.0923 e. The Balaban J connectivity index is 2.18. The standard InChI is InChI=1S/C13H11Br2ClOS/c1-7-4-12(18-13(7)15)11(17)5-8-2-3-9(14)6-10(8)16/h2-4,6,11,17H,5H2,1H3. The molecule has 0 amide bonds. The highest BCUT2D eigenvalue weighted by Crippen LogP contribution is 2.34. The maximum Gasteiger partial charge on any atom is 0.0923 e. The summed E-state index contributed by atoms with van der Waals surface area (Å²) in [7, 11) is 0. The first kappa shape index (κ1) is 14.5. The van der Waals surface area contributed by atoms with Gasteiger partial charge in [-0.05, 0) is 52.2 Å². The predicted molar refractivity (Wildman–Crippen MR) is 84.6 cm³/mol. The van der Waals surface area contributed by atoms with Crippen LogP contribution in [0.5, 0.6) is 0 Å². The van der Waals surface area contributed by atoms with Crippen molar-refractivity contribution in [1.82, 2.24) is 0 Å². The Bertz CT molecular complexity index is 549. The fraction of sp³-hybridized carbons (Fsp3) is 0.231. The van der Waals surface area contributed by atoms with Crippen LogP contribution in [0, 0.1) is 6.92 Å². The summed E-state index contributed by atoms with van der Waals surface area (Å²) in [5.74, 6) is 0. The number of hydrogen-bond acceptors (Lipinski definition) is 2. The first-order chi connectivity index (χ1) is 8.47. The van der Waals surface area contributed by atoms with Gasteiger partial charge in [-0.1, -0.05) is 33.6 Å². The van der Waals surface area contributed by atoms with E-state index in [1.807, 2.05) is 31.2 Å². The van der Waals surface area contributed by atoms with Crippen LogP contribution in [0.25, 0.3) is 0 Å². The quantitative estimate of drug-likeness (QED) is 0.707.